The van der Waals surface area contributed by atoms with Crippen LogP contribution in [0.2, 0.25) is 0 Å². The largest absolute Gasteiger partial charge is 0.397 e. The van der Waals surface area contributed by atoms with Crippen molar-refractivity contribution in [1.29, 1.82) is 0 Å². The molecule has 2 aromatic rings. The van der Waals surface area contributed by atoms with E-state index in [0.29, 0.717) is 11.4 Å². The molecule has 4 N–H and O–H groups in total. The Bertz CT molecular complexity index is 467. The van der Waals surface area contributed by atoms with E-state index in [2.05, 4.69) is 15.3 Å². The third-order valence-corrected chi connectivity index (χ3v) is 2.48. The Morgan fingerprint density at radius 3 is 3.06 bits per heavy atom. The van der Waals surface area contributed by atoms with Crippen molar-refractivity contribution in [3.63, 3.8) is 0 Å². The Balaban J connectivity index is 1.80. The minimum Gasteiger partial charge on any atom is -0.397 e. The molecule has 2 rings (SSSR count). The summed E-state index contributed by atoms with van der Waals surface area (Å²) in [6.07, 6.45) is 5.29. The Hall–Kier alpha value is -2.04. The topological polar surface area (TPSA) is 66.7 Å². The molecule has 1 heterocycles. The zero-order valence-electron chi connectivity index (χ0n) is 9.41. The number of H-pyrrole nitrogens is 1. The molecule has 4 nitrogen and oxygen atoms in total. The van der Waals surface area contributed by atoms with Crippen LogP contribution in [0.25, 0.3) is 0 Å². The van der Waals surface area contributed by atoms with Crippen LogP contribution in [0.3, 0.4) is 0 Å². The van der Waals surface area contributed by atoms with Crippen LogP contribution in [0.1, 0.15) is 12.2 Å². The standard InChI is InChI=1S/C12H15FN4/c13-9-3-4-10(14)11(8-9)15-5-1-2-12-16-6-7-17-12/h3-4,6-8,15H,1-2,5,14H2,(H,16,17). The second kappa shape index (κ2) is 5.34. The first-order valence-corrected chi connectivity index (χ1v) is 5.53. The number of halogens is 1. The number of nitrogens with zero attached hydrogens (tertiary/aromatic N) is 1. The van der Waals surface area contributed by atoms with Gasteiger partial charge in [0.2, 0.25) is 0 Å². The number of hydrogen-bond donors (Lipinski definition) is 3. The molecule has 0 fully saturated rings. The Kier molecular flexibility index (Phi) is 3.59. The van der Waals surface area contributed by atoms with Gasteiger partial charge in [0.05, 0.1) is 11.4 Å². The van der Waals surface area contributed by atoms with Crippen molar-refractivity contribution in [2.24, 2.45) is 0 Å². The fourth-order valence-corrected chi connectivity index (χ4v) is 1.60. The van der Waals surface area contributed by atoms with Crippen LogP contribution < -0.4 is 11.1 Å². The van der Waals surface area contributed by atoms with Crippen molar-refractivity contribution in [1.82, 2.24) is 9.97 Å². The Morgan fingerprint density at radius 2 is 2.29 bits per heavy atom. The molecular weight excluding hydrogens is 219 g/mol. The van der Waals surface area contributed by atoms with Crippen molar-refractivity contribution in [2.75, 3.05) is 17.6 Å². The minimum absolute atomic E-state index is 0.285. The molecule has 0 bridgehead atoms. The van der Waals surface area contributed by atoms with Gasteiger partial charge in [-0.2, -0.15) is 0 Å². The molecule has 1 aromatic carbocycles. The number of nitrogens with one attached hydrogen (secondary N) is 2. The number of nitrogen functional groups attached to an aromatic ring is 1. The summed E-state index contributed by atoms with van der Waals surface area (Å²) in [4.78, 5) is 7.16. The van der Waals surface area contributed by atoms with Gasteiger partial charge in [-0.25, -0.2) is 9.37 Å². The van der Waals surface area contributed by atoms with Gasteiger partial charge in [-0.3, -0.25) is 0 Å². The summed E-state index contributed by atoms with van der Waals surface area (Å²) in [6, 6.07) is 4.32. The highest BCUT2D eigenvalue weighted by atomic mass is 19.1. The second-order valence-corrected chi connectivity index (χ2v) is 3.80. The molecule has 0 spiro atoms. The average molecular weight is 234 g/mol. The van der Waals surface area contributed by atoms with E-state index in [9.17, 15) is 4.39 Å². The molecule has 5 heteroatoms. The molecule has 0 saturated carbocycles. The lowest BCUT2D eigenvalue weighted by molar-refractivity contribution is 0.628. The van der Waals surface area contributed by atoms with Crippen LogP contribution >= 0.6 is 0 Å². The molecule has 0 radical (unpaired) electrons. The van der Waals surface area contributed by atoms with Gasteiger partial charge in [-0.05, 0) is 24.6 Å². The lowest BCUT2D eigenvalue weighted by atomic mass is 10.2. The van der Waals surface area contributed by atoms with E-state index < -0.39 is 0 Å². The van der Waals surface area contributed by atoms with Gasteiger partial charge in [0.25, 0.3) is 0 Å². The highest BCUT2D eigenvalue weighted by Gasteiger charge is 2.00. The van der Waals surface area contributed by atoms with Gasteiger partial charge < -0.3 is 16.0 Å². The molecule has 0 saturated heterocycles. The monoisotopic (exact) mass is 234 g/mol. The quantitative estimate of drug-likeness (QED) is 0.548. The number of anilines is 2. The number of rotatable bonds is 5. The SMILES string of the molecule is Nc1ccc(F)cc1NCCCc1ncc[nH]1. The fraction of sp³-hybridized carbons (Fsp3) is 0.250. The van der Waals surface area contributed by atoms with E-state index in [4.69, 9.17) is 5.73 Å². The van der Waals surface area contributed by atoms with Crippen LogP contribution in [0.4, 0.5) is 15.8 Å². The summed E-state index contributed by atoms with van der Waals surface area (Å²) in [6.45, 7) is 0.731. The maximum Gasteiger partial charge on any atom is 0.125 e. The number of hydrogen-bond acceptors (Lipinski definition) is 3. The minimum atomic E-state index is -0.285. The first-order chi connectivity index (χ1) is 8.25. The molecule has 0 amide bonds. The average Bonchev–Trinajstić information content (AvgIpc) is 2.82. The molecule has 0 unspecified atom stereocenters. The van der Waals surface area contributed by atoms with E-state index in [1.807, 2.05) is 0 Å². The normalized spacial score (nSPS) is 10.4. The van der Waals surface area contributed by atoms with Gasteiger partial charge in [-0.15, -0.1) is 0 Å². The van der Waals surface area contributed by atoms with E-state index in [1.54, 1.807) is 18.5 Å². The maximum atomic E-state index is 13.0. The number of imidazole rings is 1. The number of aromatic amines is 1. The smallest absolute Gasteiger partial charge is 0.125 e. The van der Waals surface area contributed by atoms with Crippen LogP contribution in [-0.4, -0.2) is 16.5 Å². The molecule has 0 aliphatic heterocycles. The van der Waals surface area contributed by atoms with Crippen LogP contribution in [0, 0.1) is 5.82 Å². The highest BCUT2D eigenvalue weighted by Crippen LogP contribution is 2.18. The van der Waals surface area contributed by atoms with Crippen molar-refractivity contribution in [2.45, 2.75) is 12.8 Å². The van der Waals surface area contributed by atoms with E-state index in [1.165, 1.54) is 12.1 Å². The van der Waals surface area contributed by atoms with Gasteiger partial charge in [0.1, 0.15) is 11.6 Å². The first kappa shape index (κ1) is 11.4. The van der Waals surface area contributed by atoms with Crippen LogP contribution in [-0.2, 0) is 6.42 Å². The van der Waals surface area contributed by atoms with E-state index in [-0.39, 0.29) is 5.82 Å². The van der Waals surface area contributed by atoms with Gasteiger partial charge in [-0.1, -0.05) is 0 Å². The van der Waals surface area contributed by atoms with Crippen molar-refractivity contribution in [3.05, 3.63) is 42.2 Å². The fourth-order valence-electron chi connectivity index (χ4n) is 1.60. The Labute approximate surface area is 99.1 Å². The van der Waals surface area contributed by atoms with Gasteiger partial charge >= 0.3 is 0 Å². The summed E-state index contributed by atoms with van der Waals surface area (Å²) in [5.74, 6) is 0.673. The molecular formula is C12H15FN4. The van der Waals surface area contributed by atoms with Gasteiger partial charge in [0, 0.05) is 25.4 Å². The first-order valence-electron chi connectivity index (χ1n) is 5.53. The second-order valence-electron chi connectivity index (χ2n) is 3.80. The van der Waals surface area contributed by atoms with Crippen molar-refractivity contribution in [3.8, 4) is 0 Å². The third kappa shape index (κ3) is 3.21. The maximum absolute atomic E-state index is 13.0. The molecule has 1 aromatic heterocycles. The zero-order chi connectivity index (χ0) is 12.1. The molecule has 90 valence electrons. The van der Waals surface area contributed by atoms with Crippen LogP contribution in [0.15, 0.2) is 30.6 Å². The summed E-state index contributed by atoms with van der Waals surface area (Å²) >= 11 is 0. The summed E-state index contributed by atoms with van der Waals surface area (Å²) in [5, 5.41) is 3.11. The third-order valence-electron chi connectivity index (χ3n) is 2.48. The van der Waals surface area contributed by atoms with Crippen LogP contribution in [0.5, 0.6) is 0 Å². The number of nitrogens with two attached hydrogens (primary N) is 1. The number of benzene rings is 1. The molecule has 0 aliphatic rings. The van der Waals surface area contributed by atoms with E-state index >= 15 is 0 Å². The lowest BCUT2D eigenvalue weighted by Gasteiger charge is -2.08. The van der Waals surface area contributed by atoms with Crippen molar-refractivity contribution < 1.29 is 4.39 Å². The summed E-state index contributed by atoms with van der Waals surface area (Å²) in [7, 11) is 0. The van der Waals surface area contributed by atoms with Crippen molar-refractivity contribution >= 4 is 11.4 Å². The highest BCUT2D eigenvalue weighted by molar-refractivity contribution is 5.65. The number of aromatic nitrogens is 2. The Morgan fingerprint density at radius 1 is 1.41 bits per heavy atom. The zero-order valence-corrected chi connectivity index (χ0v) is 9.41. The molecule has 0 atom stereocenters. The lowest BCUT2D eigenvalue weighted by Crippen LogP contribution is -2.06. The predicted octanol–water partition coefficient (Wildman–Crippen LogP) is 2.18. The summed E-state index contributed by atoms with van der Waals surface area (Å²) < 4.78 is 13.0. The summed E-state index contributed by atoms with van der Waals surface area (Å²) in [5.41, 5.74) is 6.92. The van der Waals surface area contributed by atoms with E-state index in [0.717, 1.165) is 25.2 Å². The predicted molar refractivity (Wildman–Crippen MR) is 66.2 cm³/mol. The van der Waals surface area contributed by atoms with Gasteiger partial charge in [0.15, 0.2) is 0 Å². The molecule has 0 aliphatic carbocycles. The number of aryl methyl sites for hydroxylation is 1. The molecule has 17 heavy (non-hydrogen) atoms.